The number of rotatable bonds is 4. The Labute approximate surface area is 111 Å². The van der Waals surface area contributed by atoms with E-state index >= 15 is 0 Å². The monoisotopic (exact) mass is 267 g/mol. The standard InChI is InChI=1S/C13H18FN3O2/c1-15-12-11(14)10(5-6-16-12)13(18)17-8-3-4-9(7-8)19-2/h5-6,8-9H,3-4,7H2,1-2H3,(H,15,16)(H,17,18). The minimum atomic E-state index is -0.621. The molecule has 2 N–H and O–H groups in total. The van der Waals surface area contributed by atoms with Crippen molar-refractivity contribution in [3.8, 4) is 0 Å². The fourth-order valence-electron chi connectivity index (χ4n) is 2.34. The summed E-state index contributed by atoms with van der Waals surface area (Å²) in [6.45, 7) is 0. The zero-order chi connectivity index (χ0) is 13.8. The van der Waals surface area contributed by atoms with Crippen LogP contribution in [0, 0.1) is 5.82 Å². The Balaban J connectivity index is 2.04. The van der Waals surface area contributed by atoms with Gasteiger partial charge in [-0.05, 0) is 25.3 Å². The zero-order valence-corrected chi connectivity index (χ0v) is 11.1. The molecule has 5 nitrogen and oxygen atoms in total. The Bertz CT molecular complexity index is 467. The molecular weight excluding hydrogens is 249 g/mol. The smallest absolute Gasteiger partial charge is 0.254 e. The first-order valence-electron chi connectivity index (χ1n) is 6.31. The number of halogens is 1. The summed E-state index contributed by atoms with van der Waals surface area (Å²) in [5.41, 5.74) is 0.0141. The van der Waals surface area contributed by atoms with E-state index in [1.165, 1.54) is 12.3 Å². The van der Waals surface area contributed by atoms with E-state index in [1.807, 2.05) is 0 Å². The van der Waals surface area contributed by atoms with Gasteiger partial charge in [0.05, 0.1) is 11.7 Å². The summed E-state index contributed by atoms with van der Waals surface area (Å²) >= 11 is 0. The average Bonchev–Trinajstić information content (AvgIpc) is 2.86. The van der Waals surface area contributed by atoms with E-state index in [9.17, 15) is 9.18 Å². The molecule has 0 aromatic carbocycles. The second-order valence-corrected chi connectivity index (χ2v) is 4.61. The maximum Gasteiger partial charge on any atom is 0.254 e. The van der Waals surface area contributed by atoms with Gasteiger partial charge in [-0.3, -0.25) is 4.79 Å². The largest absolute Gasteiger partial charge is 0.381 e. The number of ether oxygens (including phenoxy) is 1. The highest BCUT2D eigenvalue weighted by atomic mass is 19.1. The number of hydrogen-bond acceptors (Lipinski definition) is 4. The Kier molecular flexibility index (Phi) is 4.31. The molecule has 0 saturated heterocycles. The lowest BCUT2D eigenvalue weighted by Crippen LogP contribution is -2.34. The number of hydrogen-bond donors (Lipinski definition) is 2. The van der Waals surface area contributed by atoms with E-state index in [-0.39, 0.29) is 23.5 Å². The number of carbonyl (C=O) groups is 1. The van der Waals surface area contributed by atoms with Gasteiger partial charge in [0.2, 0.25) is 0 Å². The number of methoxy groups -OCH3 is 1. The molecule has 1 aromatic heterocycles. The van der Waals surface area contributed by atoms with Crippen LogP contribution in [0.15, 0.2) is 12.3 Å². The summed E-state index contributed by atoms with van der Waals surface area (Å²) < 4.78 is 19.2. The first-order chi connectivity index (χ1) is 9.15. The van der Waals surface area contributed by atoms with Gasteiger partial charge in [0, 0.05) is 26.4 Å². The first kappa shape index (κ1) is 13.7. The van der Waals surface area contributed by atoms with E-state index < -0.39 is 11.7 Å². The van der Waals surface area contributed by atoms with Crippen LogP contribution in [-0.2, 0) is 4.74 Å². The van der Waals surface area contributed by atoms with Crippen LogP contribution in [0.1, 0.15) is 29.6 Å². The highest BCUT2D eigenvalue weighted by Crippen LogP contribution is 2.22. The van der Waals surface area contributed by atoms with Gasteiger partial charge >= 0.3 is 0 Å². The fourth-order valence-corrected chi connectivity index (χ4v) is 2.34. The summed E-state index contributed by atoms with van der Waals surface area (Å²) in [5.74, 6) is -0.948. The van der Waals surface area contributed by atoms with Crippen molar-refractivity contribution in [2.24, 2.45) is 0 Å². The Morgan fingerprint density at radius 1 is 1.53 bits per heavy atom. The molecule has 0 radical (unpaired) electrons. The van der Waals surface area contributed by atoms with Gasteiger partial charge in [-0.25, -0.2) is 9.37 Å². The van der Waals surface area contributed by atoms with Gasteiger partial charge < -0.3 is 15.4 Å². The van der Waals surface area contributed by atoms with Crippen LogP contribution < -0.4 is 10.6 Å². The molecule has 1 fully saturated rings. The number of carbonyl (C=O) groups excluding carboxylic acids is 1. The van der Waals surface area contributed by atoms with Gasteiger partial charge in [0.15, 0.2) is 11.6 Å². The molecule has 2 rings (SSSR count). The van der Waals surface area contributed by atoms with Crippen molar-refractivity contribution in [2.45, 2.75) is 31.4 Å². The minimum Gasteiger partial charge on any atom is -0.381 e. The molecule has 1 amide bonds. The highest BCUT2D eigenvalue weighted by molar-refractivity contribution is 5.95. The average molecular weight is 267 g/mol. The molecule has 1 heterocycles. The molecule has 2 atom stereocenters. The number of nitrogens with one attached hydrogen (secondary N) is 2. The van der Waals surface area contributed by atoms with Crippen molar-refractivity contribution in [2.75, 3.05) is 19.5 Å². The van der Waals surface area contributed by atoms with Crippen LogP contribution >= 0.6 is 0 Å². The summed E-state index contributed by atoms with van der Waals surface area (Å²) in [6.07, 6.45) is 4.14. The lowest BCUT2D eigenvalue weighted by atomic mass is 10.2. The maximum atomic E-state index is 13.9. The number of nitrogens with zero attached hydrogens (tertiary/aromatic N) is 1. The van der Waals surface area contributed by atoms with E-state index in [0.717, 1.165) is 19.3 Å². The maximum absolute atomic E-state index is 13.9. The number of aromatic nitrogens is 1. The molecular formula is C13H18FN3O2. The summed E-state index contributed by atoms with van der Waals surface area (Å²) in [6, 6.07) is 1.43. The van der Waals surface area contributed by atoms with Gasteiger partial charge in [-0.2, -0.15) is 0 Å². The van der Waals surface area contributed by atoms with E-state index in [4.69, 9.17) is 4.74 Å². The molecule has 19 heavy (non-hydrogen) atoms. The van der Waals surface area contributed by atoms with Crippen molar-refractivity contribution in [3.63, 3.8) is 0 Å². The van der Waals surface area contributed by atoms with Gasteiger partial charge in [0.1, 0.15) is 0 Å². The normalized spacial score (nSPS) is 22.3. The van der Waals surface area contributed by atoms with Gasteiger partial charge in [-0.15, -0.1) is 0 Å². The molecule has 1 aliphatic rings. The summed E-state index contributed by atoms with van der Waals surface area (Å²) in [5, 5.41) is 5.45. The highest BCUT2D eigenvalue weighted by Gasteiger charge is 2.27. The number of pyridine rings is 1. The predicted molar refractivity (Wildman–Crippen MR) is 69.6 cm³/mol. The van der Waals surface area contributed by atoms with Crippen LogP contribution in [0.4, 0.5) is 10.2 Å². The number of amides is 1. The Morgan fingerprint density at radius 3 is 2.95 bits per heavy atom. The number of anilines is 1. The first-order valence-corrected chi connectivity index (χ1v) is 6.31. The van der Waals surface area contributed by atoms with E-state index in [2.05, 4.69) is 15.6 Å². The summed E-state index contributed by atoms with van der Waals surface area (Å²) in [7, 11) is 3.23. The molecule has 2 unspecified atom stereocenters. The van der Waals surface area contributed by atoms with Gasteiger partial charge in [0.25, 0.3) is 5.91 Å². The SMILES string of the molecule is CNc1nccc(C(=O)NC2CCC(OC)C2)c1F. The third-order valence-corrected chi connectivity index (χ3v) is 3.42. The molecule has 0 aliphatic heterocycles. The van der Waals surface area contributed by atoms with Crippen molar-refractivity contribution in [1.82, 2.24) is 10.3 Å². The lowest BCUT2D eigenvalue weighted by Gasteiger charge is -2.14. The minimum absolute atomic E-state index is 0.0141. The predicted octanol–water partition coefficient (Wildman–Crippen LogP) is 1.56. The van der Waals surface area contributed by atoms with Gasteiger partial charge in [-0.1, -0.05) is 0 Å². The molecule has 1 saturated carbocycles. The molecule has 104 valence electrons. The van der Waals surface area contributed by atoms with Crippen LogP contribution in [-0.4, -0.2) is 37.2 Å². The molecule has 0 spiro atoms. The summed E-state index contributed by atoms with van der Waals surface area (Å²) in [4.78, 5) is 15.8. The van der Waals surface area contributed by atoms with Crippen LogP contribution in [0.5, 0.6) is 0 Å². The van der Waals surface area contributed by atoms with E-state index in [1.54, 1.807) is 14.2 Å². The van der Waals surface area contributed by atoms with Crippen molar-refractivity contribution in [1.29, 1.82) is 0 Å². The molecule has 6 heteroatoms. The van der Waals surface area contributed by atoms with Crippen LogP contribution in [0.2, 0.25) is 0 Å². The third-order valence-electron chi connectivity index (χ3n) is 3.42. The third kappa shape index (κ3) is 3.01. The molecule has 1 aromatic rings. The van der Waals surface area contributed by atoms with E-state index in [0.29, 0.717) is 0 Å². The Morgan fingerprint density at radius 2 is 2.32 bits per heavy atom. The second kappa shape index (κ2) is 5.97. The van der Waals surface area contributed by atoms with Crippen molar-refractivity contribution < 1.29 is 13.9 Å². The Hall–Kier alpha value is -1.69. The topological polar surface area (TPSA) is 63.2 Å². The quantitative estimate of drug-likeness (QED) is 0.869. The van der Waals surface area contributed by atoms with Crippen LogP contribution in [0.3, 0.4) is 0 Å². The van der Waals surface area contributed by atoms with Crippen molar-refractivity contribution in [3.05, 3.63) is 23.6 Å². The lowest BCUT2D eigenvalue weighted by molar-refractivity contribution is 0.0911. The van der Waals surface area contributed by atoms with Crippen LogP contribution in [0.25, 0.3) is 0 Å². The zero-order valence-electron chi connectivity index (χ0n) is 11.1. The second-order valence-electron chi connectivity index (χ2n) is 4.61. The van der Waals surface area contributed by atoms with Crippen molar-refractivity contribution >= 4 is 11.7 Å². The molecule has 0 bridgehead atoms. The molecule has 1 aliphatic carbocycles. The fraction of sp³-hybridized carbons (Fsp3) is 0.538.